The molecule has 0 bridgehead atoms. The van der Waals surface area contributed by atoms with E-state index in [-0.39, 0.29) is 30.1 Å². The van der Waals surface area contributed by atoms with Crippen molar-refractivity contribution in [3.05, 3.63) is 113 Å². The fraction of sp³-hybridized carbons (Fsp3) is 0.111. The van der Waals surface area contributed by atoms with Crippen molar-refractivity contribution in [3.8, 4) is 11.1 Å². The Morgan fingerprint density at radius 2 is 1.60 bits per heavy atom. The number of aromatic nitrogens is 1. The number of anilines is 1. The minimum Gasteiger partial charge on any atom is -0.461 e. The molecule has 35 heavy (non-hydrogen) atoms. The van der Waals surface area contributed by atoms with Crippen LogP contribution in [-0.2, 0) is 11.3 Å². The van der Waals surface area contributed by atoms with Gasteiger partial charge in [0, 0.05) is 18.3 Å². The van der Waals surface area contributed by atoms with Crippen LogP contribution in [0, 0.1) is 17.5 Å². The number of carbonyl (C=O) groups excluding carboxylic acids is 2. The lowest BCUT2D eigenvalue weighted by molar-refractivity contribution is 0.0515. The minimum absolute atomic E-state index is 0.0416. The van der Waals surface area contributed by atoms with Crippen LogP contribution in [0.2, 0.25) is 0 Å². The van der Waals surface area contributed by atoms with Crippen LogP contribution in [0.1, 0.15) is 33.3 Å². The summed E-state index contributed by atoms with van der Waals surface area (Å²) in [5, 5.41) is 2.48. The zero-order chi connectivity index (χ0) is 24.9. The Hall–Kier alpha value is -4.33. The Bertz CT molecular complexity index is 1360. The molecule has 0 radical (unpaired) electrons. The molecule has 0 atom stereocenters. The van der Waals surface area contributed by atoms with Crippen LogP contribution in [0.25, 0.3) is 11.1 Å². The highest BCUT2D eigenvalue weighted by molar-refractivity contribution is 6.11. The number of rotatable bonds is 7. The molecular weight excluding hydrogens is 457 g/mol. The van der Waals surface area contributed by atoms with Crippen molar-refractivity contribution in [3.63, 3.8) is 0 Å². The molecule has 0 fully saturated rings. The highest BCUT2D eigenvalue weighted by atomic mass is 19.1. The van der Waals surface area contributed by atoms with Gasteiger partial charge in [-0.25, -0.2) is 18.0 Å². The highest BCUT2D eigenvalue weighted by Crippen LogP contribution is 2.35. The number of benzene rings is 3. The Balaban J connectivity index is 1.90. The third-order valence-corrected chi connectivity index (χ3v) is 5.31. The average Bonchev–Trinajstić information content (AvgIpc) is 3.17. The topological polar surface area (TPSA) is 60.3 Å². The van der Waals surface area contributed by atoms with E-state index in [1.54, 1.807) is 23.8 Å². The number of halogens is 3. The average molecular weight is 478 g/mol. The first-order valence-corrected chi connectivity index (χ1v) is 10.8. The minimum atomic E-state index is -1.10. The molecule has 4 rings (SSSR count). The summed E-state index contributed by atoms with van der Waals surface area (Å²) in [6.07, 6.45) is 1.57. The summed E-state index contributed by atoms with van der Waals surface area (Å²) in [5.41, 5.74) is 0.595. The molecule has 1 heterocycles. The standard InChI is InChI=1S/C27H21F3N2O3/c1-2-35-27(34)25-24(31-26(33)23-21(29)12-7-13-22(23)30)20(18-10-6-11-19(28)14-18)16-32(25)15-17-8-4-3-5-9-17/h3-14,16H,2,15H2,1H3,(H,31,33). The molecule has 5 nitrogen and oxygen atoms in total. The maximum Gasteiger partial charge on any atom is 0.357 e. The maximum absolute atomic E-state index is 14.3. The summed E-state index contributed by atoms with van der Waals surface area (Å²) in [7, 11) is 0. The first-order chi connectivity index (χ1) is 16.9. The summed E-state index contributed by atoms with van der Waals surface area (Å²) in [4.78, 5) is 26.0. The van der Waals surface area contributed by atoms with Gasteiger partial charge in [-0.15, -0.1) is 0 Å². The van der Waals surface area contributed by atoms with E-state index in [0.29, 0.717) is 5.56 Å². The first-order valence-electron chi connectivity index (χ1n) is 10.8. The molecule has 3 aromatic carbocycles. The van der Waals surface area contributed by atoms with Crippen LogP contribution in [0.15, 0.2) is 79.0 Å². The van der Waals surface area contributed by atoms with E-state index >= 15 is 0 Å². The Kier molecular flexibility index (Phi) is 7.01. The van der Waals surface area contributed by atoms with Gasteiger partial charge < -0.3 is 14.6 Å². The summed E-state index contributed by atoms with van der Waals surface area (Å²) >= 11 is 0. The molecule has 0 unspecified atom stereocenters. The number of esters is 1. The summed E-state index contributed by atoms with van der Waals surface area (Å²) < 4.78 is 49.5. The number of nitrogens with one attached hydrogen (secondary N) is 1. The van der Waals surface area contributed by atoms with Gasteiger partial charge in [-0.3, -0.25) is 4.79 Å². The number of hydrogen-bond acceptors (Lipinski definition) is 3. The molecule has 1 amide bonds. The molecule has 0 aliphatic heterocycles. The van der Waals surface area contributed by atoms with Crippen molar-refractivity contribution < 1.29 is 27.5 Å². The molecule has 0 saturated heterocycles. The first kappa shape index (κ1) is 23.8. The lowest BCUT2D eigenvalue weighted by Gasteiger charge is -2.13. The number of ether oxygens (including phenoxy) is 1. The van der Waals surface area contributed by atoms with Crippen molar-refractivity contribution in [2.45, 2.75) is 13.5 Å². The molecular formula is C27H21F3N2O3. The van der Waals surface area contributed by atoms with Gasteiger partial charge in [-0.2, -0.15) is 0 Å². The molecule has 0 saturated carbocycles. The Labute approximate surface area is 199 Å². The second kappa shape index (κ2) is 10.3. The second-order valence-corrected chi connectivity index (χ2v) is 7.66. The molecule has 1 N–H and O–H groups in total. The van der Waals surface area contributed by atoms with Crippen molar-refractivity contribution in [1.82, 2.24) is 4.57 Å². The number of hydrogen-bond donors (Lipinski definition) is 1. The summed E-state index contributed by atoms with van der Waals surface area (Å²) in [6.45, 7) is 1.91. The highest BCUT2D eigenvalue weighted by Gasteiger charge is 2.27. The smallest absolute Gasteiger partial charge is 0.357 e. The van der Waals surface area contributed by atoms with Gasteiger partial charge >= 0.3 is 5.97 Å². The zero-order valence-electron chi connectivity index (χ0n) is 18.7. The van der Waals surface area contributed by atoms with Gasteiger partial charge in [0.15, 0.2) is 5.69 Å². The lowest BCUT2D eigenvalue weighted by atomic mass is 10.1. The van der Waals surface area contributed by atoms with E-state index in [9.17, 15) is 22.8 Å². The Morgan fingerprint density at radius 1 is 0.914 bits per heavy atom. The summed E-state index contributed by atoms with van der Waals surface area (Å²) in [6, 6.07) is 17.8. The normalized spacial score (nSPS) is 10.7. The van der Waals surface area contributed by atoms with E-state index in [1.165, 1.54) is 18.2 Å². The third kappa shape index (κ3) is 5.11. The Morgan fingerprint density at radius 3 is 2.26 bits per heavy atom. The van der Waals surface area contributed by atoms with Gasteiger partial charge in [0.05, 0.1) is 12.3 Å². The molecule has 8 heteroatoms. The molecule has 1 aromatic heterocycles. The van der Waals surface area contributed by atoms with Crippen LogP contribution < -0.4 is 5.32 Å². The van der Waals surface area contributed by atoms with Crippen LogP contribution >= 0.6 is 0 Å². The van der Waals surface area contributed by atoms with Gasteiger partial charge in [0.25, 0.3) is 5.91 Å². The maximum atomic E-state index is 14.3. The quantitative estimate of drug-likeness (QED) is 0.329. The monoisotopic (exact) mass is 478 g/mol. The zero-order valence-corrected chi connectivity index (χ0v) is 18.7. The van der Waals surface area contributed by atoms with E-state index in [4.69, 9.17) is 4.74 Å². The van der Waals surface area contributed by atoms with Gasteiger partial charge in [0.1, 0.15) is 23.0 Å². The fourth-order valence-electron chi connectivity index (χ4n) is 3.77. The van der Waals surface area contributed by atoms with Gasteiger partial charge in [-0.1, -0.05) is 48.5 Å². The van der Waals surface area contributed by atoms with Crippen LogP contribution in [-0.4, -0.2) is 23.1 Å². The van der Waals surface area contributed by atoms with Crippen molar-refractivity contribution in [2.75, 3.05) is 11.9 Å². The lowest BCUT2D eigenvalue weighted by Crippen LogP contribution is -2.20. The number of nitrogens with zero attached hydrogens (tertiary/aromatic N) is 1. The van der Waals surface area contributed by atoms with Crippen molar-refractivity contribution in [2.24, 2.45) is 0 Å². The largest absolute Gasteiger partial charge is 0.461 e. The van der Waals surface area contributed by atoms with Crippen LogP contribution in [0.4, 0.5) is 18.9 Å². The molecule has 0 spiro atoms. The number of amides is 1. The second-order valence-electron chi connectivity index (χ2n) is 7.66. The fourth-order valence-corrected chi connectivity index (χ4v) is 3.77. The number of carbonyl (C=O) groups is 2. The van der Waals surface area contributed by atoms with Gasteiger partial charge in [-0.05, 0) is 42.3 Å². The van der Waals surface area contributed by atoms with Crippen molar-refractivity contribution >= 4 is 17.6 Å². The van der Waals surface area contributed by atoms with Crippen molar-refractivity contribution in [1.29, 1.82) is 0 Å². The molecule has 4 aromatic rings. The van der Waals surface area contributed by atoms with E-state index in [2.05, 4.69) is 5.32 Å². The molecule has 178 valence electrons. The van der Waals surface area contributed by atoms with Crippen LogP contribution in [0.5, 0.6) is 0 Å². The van der Waals surface area contributed by atoms with E-state index in [1.807, 2.05) is 30.3 Å². The van der Waals surface area contributed by atoms with E-state index in [0.717, 1.165) is 23.8 Å². The predicted octanol–water partition coefficient (Wildman–Crippen LogP) is 6.05. The SMILES string of the molecule is CCOC(=O)c1c(NC(=O)c2c(F)cccc2F)c(-c2cccc(F)c2)cn1Cc1ccccc1. The van der Waals surface area contributed by atoms with Gasteiger partial charge in [0.2, 0.25) is 0 Å². The molecule has 0 aliphatic rings. The predicted molar refractivity (Wildman–Crippen MR) is 126 cm³/mol. The van der Waals surface area contributed by atoms with Crippen LogP contribution in [0.3, 0.4) is 0 Å². The third-order valence-electron chi connectivity index (χ3n) is 5.31. The van der Waals surface area contributed by atoms with E-state index < -0.39 is 34.9 Å². The molecule has 0 aliphatic carbocycles. The summed E-state index contributed by atoms with van der Waals surface area (Å²) in [5.74, 6) is -4.50.